The summed E-state index contributed by atoms with van der Waals surface area (Å²) in [5.74, 6) is 2.40. The number of nitriles is 1. The summed E-state index contributed by atoms with van der Waals surface area (Å²) < 4.78 is 12.2. The summed E-state index contributed by atoms with van der Waals surface area (Å²) in [5.41, 5.74) is 11.8. The zero-order chi connectivity index (χ0) is 30.5. The van der Waals surface area contributed by atoms with Crippen LogP contribution in [0.5, 0.6) is 11.5 Å². The van der Waals surface area contributed by atoms with Crippen LogP contribution in [0.4, 0.5) is 17.6 Å². The molecule has 4 N–H and O–H groups in total. The Morgan fingerprint density at radius 1 is 0.864 bits per heavy atom. The van der Waals surface area contributed by atoms with Gasteiger partial charge in [0.1, 0.15) is 23.9 Å². The van der Waals surface area contributed by atoms with Gasteiger partial charge in [-0.2, -0.15) is 14.8 Å². The fraction of sp³-hybridized carbons (Fsp3) is 0.125. The van der Waals surface area contributed by atoms with Crippen LogP contribution < -0.4 is 25.8 Å². The highest BCUT2D eigenvalue weighted by molar-refractivity contribution is 5.90. The van der Waals surface area contributed by atoms with Crippen molar-refractivity contribution in [1.29, 1.82) is 5.26 Å². The minimum atomic E-state index is 0.342. The van der Waals surface area contributed by atoms with Gasteiger partial charge in [0.15, 0.2) is 5.65 Å². The number of nitrogen functional groups attached to an aromatic ring is 1. The van der Waals surface area contributed by atoms with E-state index in [9.17, 15) is 5.26 Å². The molecule has 0 bridgehead atoms. The maximum absolute atomic E-state index is 9.70. The van der Waals surface area contributed by atoms with Crippen LogP contribution in [0.1, 0.15) is 16.7 Å². The predicted molar refractivity (Wildman–Crippen MR) is 167 cm³/mol. The predicted octanol–water partition coefficient (Wildman–Crippen LogP) is 4.94. The van der Waals surface area contributed by atoms with Crippen LogP contribution in [-0.2, 0) is 13.1 Å². The molecule has 0 aliphatic heterocycles. The van der Waals surface area contributed by atoms with E-state index >= 15 is 0 Å². The first kappa shape index (κ1) is 27.9. The quantitative estimate of drug-likeness (QED) is 0.187. The molecule has 6 aromatic rings. The van der Waals surface area contributed by atoms with Gasteiger partial charge in [0.25, 0.3) is 0 Å². The first-order valence-electron chi connectivity index (χ1n) is 13.7. The summed E-state index contributed by atoms with van der Waals surface area (Å²) in [6.07, 6.45) is 3.12. The number of anilines is 3. The summed E-state index contributed by atoms with van der Waals surface area (Å²) in [4.78, 5) is 18.5. The lowest BCUT2D eigenvalue weighted by Gasteiger charge is -2.15. The molecule has 0 unspecified atom stereocenters. The summed E-state index contributed by atoms with van der Waals surface area (Å²) in [5, 5.41) is 21.2. The van der Waals surface area contributed by atoms with E-state index in [-0.39, 0.29) is 0 Å². The number of benzene rings is 3. The molecule has 3 aromatic heterocycles. The van der Waals surface area contributed by atoms with E-state index < -0.39 is 0 Å². The minimum absolute atomic E-state index is 0.342. The van der Waals surface area contributed by atoms with Gasteiger partial charge < -0.3 is 25.8 Å². The Balaban J connectivity index is 1.48. The Morgan fingerprint density at radius 3 is 2.16 bits per heavy atom. The molecule has 0 saturated heterocycles. The third-order valence-electron chi connectivity index (χ3n) is 6.99. The van der Waals surface area contributed by atoms with Crippen LogP contribution in [0, 0.1) is 11.3 Å². The average Bonchev–Trinajstić information content (AvgIpc) is 3.51. The van der Waals surface area contributed by atoms with Gasteiger partial charge in [-0.25, -0.2) is 15.0 Å². The second kappa shape index (κ2) is 12.3. The van der Waals surface area contributed by atoms with Crippen LogP contribution in [0.3, 0.4) is 0 Å². The molecular formula is C32H28N10O2. The molecule has 0 aliphatic rings. The van der Waals surface area contributed by atoms with Gasteiger partial charge in [-0.1, -0.05) is 30.3 Å². The van der Waals surface area contributed by atoms with Crippen LogP contribution >= 0.6 is 0 Å². The number of aromatic nitrogens is 6. The molecule has 0 radical (unpaired) electrons. The molecule has 0 fully saturated rings. The minimum Gasteiger partial charge on any atom is -0.497 e. The highest BCUT2D eigenvalue weighted by Gasteiger charge is 2.22. The topological polar surface area (TPSA) is 161 Å². The lowest BCUT2D eigenvalue weighted by atomic mass is 10.0. The molecule has 0 aliphatic carbocycles. The third kappa shape index (κ3) is 5.75. The van der Waals surface area contributed by atoms with E-state index in [2.05, 4.69) is 26.7 Å². The molecule has 12 heteroatoms. The lowest BCUT2D eigenvalue weighted by molar-refractivity contribution is 0.414. The largest absolute Gasteiger partial charge is 0.497 e. The maximum Gasteiger partial charge on any atom is 0.243 e. The van der Waals surface area contributed by atoms with Gasteiger partial charge in [-0.3, -0.25) is 0 Å². The van der Waals surface area contributed by atoms with Crippen LogP contribution in [0.25, 0.3) is 28.2 Å². The highest BCUT2D eigenvalue weighted by Crippen LogP contribution is 2.35. The van der Waals surface area contributed by atoms with Crippen molar-refractivity contribution in [3.05, 3.63) is 102 Å². The standard InChI is InChI=1S/C32H28N10O2/c1-43-24-8-3-20(4-9-24)17-36-31-40-30-28(27-13-14-35-19-38-27)29(22-7-12-26(34)23(15-22)16-33)39-32(42(30)41-31)37-18-21-5-10-25(44-2)11-6-21/h3-15,19H,17-18,34H2,1-2H3,(H,36,41)(H,37,39). The lowest BCUT2D eigenvalue weighted by Crippen LogP contribution is -2.10. The number of nitrogens with two attached hydrogens (primary N) is 1. The highest BCUT2D eigenvalue weighted by atomic mass is 16.5. The van der Waals surface area contributed by atoms with Crippen LogP contribution in [-0.4, -0.2) is 43.8 Å². The van der Waals surface area contributed by atoms with Crippen LogP contribution in [0.2, 0.25) is 0 Å². The molecule has 3 aromatic carbocycles. The number of hydrogen-bond donors (Lipinski definition) is 3. The normalized spacial score (nSPS) is 10.8. The molecular weight excluding hydrogens is 556 g/mol. The molecule has 12 nitrogen and oxygen atoms in total. The number of nitrogens with zero attached hydrogens (tertiary/aromatic N) is 7. The van der Waals surface area contributed by atoms with Crippen molar-refractivity contribution in [2.45, 2.75) is 13.1 Å². The zero-order valence-corrected chi connectivity index (χ0v) is 24.0. The number of hydrogen-bond acceptors (Lipinski definition) is 11. The molecule has 44 heavy (non-hydrogen) atoms. The summed E-state index contributed by atoms with van der Waals surface area (Å²) in [7, 11) is 3.27. The average molecular weight is 585 g/mol. The number of nitrogens with one attached hydrogen (secondary N) is 2. The fourth-order valence-corrected chi connectivity index (χ4v) is 4.66. The summed E-state index contributed by atoms with van der Waals surface area (Å²) in [6.45, 7) is 0.945. The van der Waals surface area contributed by atoms with Gasteiger partial charge in [0.2, 0.25) is 11.9 Å². The number of fused-ring (bicyclic) bond motifs is 1. The number of ether oxygens (including phenoxy) is 2. The Hall–Kier alpha value is -6.22. The first-order chi connectivity index (χ1) is 21.6. The van der Waals surface area contributed by atoms with Gasteiger partial charge in [-0.15, -0.1) is 5.10 Å². The van der Waals surface area contributed by atoms with Crippen LogP contribution in [0.15, 0.2) is 85.3 Å². The first-order valence-corrected chi connectivity index (χ1v) is 13.7. The molecule has 6 rings (SSSR count). The van der Waals surface area contributed by atoms with E-state index in [1.807, 2.05) is 54.6 Å². The van der Waals surface area contributed by atoms with Crippen molar-refractivity contribution in [3.8, 4) is 40.1 Å². The van der Waals surface area contributed by atoms with E-state index in [1.165, 1.54) is 6.33 Å². The Labute approximate surface area is 253 Å². The molecule has 3 heterocycles. The second-order valence-corrected chi connectivity index (χ2v) is 9.74. The van der Waals surface area contributed by atoms with E-state index in [0.29, 0.717) is 64.4 Å². The van der Waals surface area contributed by atoms with Gasteiger partial charge in [0.05, 0.1) is 36.7 Å². The van der Waals surface area contributed by atoms with Crippen molar-refractivity contribution < 1.29 is 9.47 Å². The monoisotopic (exact) mass is 584 g/mol. The van der Waals surface area contributed by atoms with E-state index in [4.69, 9.17) is 30.3 Å². The molecule has 0 atom stereocenters. The maximum atomic E-state index is 9.70. The van der Waals surface area contributed by atoms with Crippen molar-refractivity contribution in [2.75, 3.05) is 30.6 Å². The van der Waals surface area contributed by atoms with Gasteiger partial charge >= 0.3 is 0 Å². The Morgan fingerprint density at radius 2 is 1.55 bits per heavy atom. The van der Waals surface area contributed by atoms with Gasteiger partial charge in [0, 0.05) is 30.5 Å². The number of methoxy groups -OCH3 is 2. The third-order valence-corrected chi connectivity index (χ3v) is 6.99. The van der Waals surface area contributed by atoms with Crippen molar-refractivity contribution >= 4 is 23.2 Å². The molecule has 0 amide bonds. The van der Waals surface area contributed by atoms with E-state index in [0.717, 1.165) is 22.6 Å². The molecule has 0 saturated carbocycles. The van der Waals surface area contributed by atoms with Crippen molar-refractivity contribution in [2.24, 2.45) is 0 Å². The summed E-state index contributed by atoms with van der Waals surface area (Å²) >= 11 is 0. The second-order valence-electron chi connectivity index (χ2n) is 9.74. The molecule has 0 spiro atoms. The Bertz CT molecular complexity index is 1950. The fourth-order valence-electron chi connectivity index (χ4n) is 4.66. The molecule has 218 valence electrons. The van der Waals surface area contributed by atoms with Crippen molar-refractivity contribution in [3.63, 3.8) is 0 Å². The summed E-state index contributed by atoms with van der Waals surface area (Å²) in [6, 6.07) is 24.7. The van der Waals surface area contributed by atoms with Crippen molar-refractivity contribution in [1.82, 2.24) is 29.5 Å². The number of rotatable bonds is 10. The SMILES string of the molecule is COc1ccc(CNc2nc3c(-c4ccncn4)c(-c4ccc(N)c(C#N)c4)nc(NCc4ccc(OC)cc4)n3n2)cc1. The smallest absolute Gasteiger partial charge is 0.243 e. The Kier molecular flexibility index (Phi) is 7.83. The zero-order valence-electron chi connectivity index (χ0n) is 24.0. The van der Waals surface area contributed by atoms with Gasteiger partial charge in [-0.05, 0) is 53.6 Å². The van der Waals surface area contributed by atoms with E-state index in [1.54, 1.807) is 43.1 Å².